The third-order valence-corrected chi connectivity index (χ3v) is 4.70. The van der Waals surface area contributed by atoms with Crippen LogP contribution in [0.25, 0.3) is 0 Å². The molecule has 3 nitrogen and oxygen atoms in total. The predicted octanol–water partition coefficient (Wildman–Crippen LogP) is 2.49. The Bertz CT molecular complexity index is 533. The van der Waals surface area contributed by atoms with E-state index in [1.807, 2.05) is 0 Å². The first-order valence-electron chi connectivity index (χ1n) is 6.29. The van der Waals surface area contributed by atoms with Crippen LogP contribution in [0.5, 0.6) is 0 Å². The van der Waals surface area contributed by atoms with Gasteiger partial charge in [-0.2, -0.15) is 0 Å². The summed E-state index contributed by atoms with van der Waals surface area (Å²) in [4.78, 5) is 11.6. The van der Waals surface area contributed by atoms with Crippen molar-refractivity contribution >= 4 is 5.97 Å². The largest absolute Gasteiger partial charge is 0.481 e. The molecule has 1 aliphatic carbocycles. The summed E-state index contributed by atoms with van der Waals surface area (Å²) in [6, 6.07) is 3.64. The lowest BCUT2D eigenvalue weighted by atomic mass is 9.49. The molecular weight excluding hydrogens is 254 g/mol. The molecule has 0 amide bonds. The average Bonchev–Trinajstić information content (AvgIpc) is 2.24. The number of rotatable bonds is 3. The molecule has 0 atom stereocenters. The SMILES string of the molecule is O=C(O)C1(C2(c3ccc(F)c(F)c3)COC2)CCC1. The first kappa shape index (κ1) is 12.5. The second-order valence-corrected chi connectivity index (χ2v) is 5.44. The molecule has 0 bridgehead atoms. The molecule has 1 saturated heterocycles. The van der Waals surface area contributed by atoms with Crippen LogP contribution >= 0.6 is 0 Å². The number of hydrogen-bond acceptors (Lipinski definition) is 2. The second kappa shape index (κ2) is 4.00. The van der Waals surface area contributed by atoms with Crippen LogP contribution in [-0.2, 0) is 14.9 Å². The number of halogens is 2. The fraction of sp³-hybridized carbons (Fsp3) is 0.500. The zero-order valence-electron chi connectivity index (χ0n) is 10.3. The summed E-state index contributed by atoms with van der Waals surface area (Å²) < 4.78 is 31.7. The monoisotopic (exact) mass is 268 g/mol. The van der Waals surface area contributed by atoms with Crippen molar-refractivity contribution in [1.29, 1.82) is 0 Å². The number of aliphatic carboxylic acids is 1. The van der Waals surface area contributed by atoms with Crippen LogP contribution in [0.15, 0.2) is 18.2 Å². The van der Waals surface area contributed by atoms with Gasteiger partial charge in [0.15, 0.2) is 11.6 Å². The molecule has 1 aromatic carbocycles. The highest BCUT2D eigenvalue weighted by Crippen LogP contribution is 2.58. The molecule has 3 rings (SSSR count). The van der Waals surface area contributed by atoms with Crippen LogP contribution in [0.4, 0.5) is 8.78 Å². The van der Waals surface area contributed by atoms with Crippen LogP contribution in [0.1, 0.15) is 24.8 Å². The van der Waals surface area contributed by atoms with E-state index in [0.29, 0.717) is 18.4 Å². The second-order valence-electron chi connectivity index (χ2n) is 5.44. The van der Waals surface area contributed by atoms with Crippen LogP contribution in [0.2, 0.25) is 0 Å². The maximum Gasteiger partial charge on any atom is 0.310 e. The fourth-order valence-electron chi connectivity index (χ4n) is 3.25. The minimum atomic E-state index is -0.941. The molecule has 5 heteroatoms. The van der Waals surface area contributed by atoms with Crippen LogP contribution in [0.3, 0.4) is 0 Å². The summed E-state index contributed by atoms with van der Waals surface area (Å²) in [5, 5.41) is 9.55. The predicted molar refractivity (Wildman–Crippen MR) is 62.8 cm³/mol. The van der Waals surface area contributed by atoms with Gasteiger partial charge in [0.25, 0.3) is 0 Å². The number of carboxylic acids is 1. The zero-order chi connectivity index (χ0) is 13.7. The van der Waals surface area contributed by atoms with Gasteiger partial charge < -0.3 is 9.84 Å². The molecule has 0 radical (unpaired) electrons. The van der Waals surface area contributed by atoms with Gasteiger partial charge in [0.2, 0.25) is 0 Å². The number of hydrogen-bond donors (Lipinski definition) is 1. The van der Waals surface area contributed by atoms with Crippen molar-refractivity contribution in [1.82, 2.24) is 0 Å². The molecule has 102 valence electrons. The molecule has 1 N–H and O–H groups in total. The minimum absolute atomic E-state index is 0.254. The molecule has 1 aromatic rings. The highest BCUT2D eigenvalue weighted by molar-refractivity contribution is 5.79. The lowest BCUT2D eigenvalue weighted by Crippen LogP contribution is -2.64. The number of benzene rings is 1. The van der Waals surface area contributed by atoms with Gasteiger partial charge >= 0.3 is 5.97 Å². The Kier molecular flexibility index (Phi) is 2.64. The average molecular weight is 268 g/mol. The van der Waals surface area contributed by atoms with Crippen molar-refractivity contribution in [2.24, 2.45) is 5.41 Å². The minimum Gasteiger partial charge on any atom is -0.481 e. The first-order chi connectivity index (χ1) is 9.02. The standard InChI is InChI=1S/C14H14F2O3/c15-10-3-2-9(6-11(10)16)14(7-19-8-14)13(12(17)18)4-1-5-13/h2-3,6H,1,4-5,7-8H2,(H,17,18). The number of ether oxygens (including phenoxy) is 1. The molecular formula is C14H14F2O3. The summed E-state index contributed by atoms with van der Waals surface area (Å²) in [6.07, 6.45) is 1.97. The Labute approximate surface area is 109 Å². The van der Waals surface area contributed by atoms with E-state index in [1.54, 1.807) is 0 Å². The molecule has 19 heavy (non-hydrogen) atoms. The summed E-state index contributed by atoms with van der Waals surface area (Å²) in [5.74, 6) is -2.73. The van der Waals surface area contributed by atoms with Gasteiger partial charge in [0.1, 0.15) is 0 Å². The Hall–Kier alpha value is -1.49. The van der Waals surface area contributed by atoms with Gasteiger partial charge in [-0.15, -0.1) is 0 Å². The summed E-state index contributed by atoms with van der Waals surface area (Å²) >= 11 is 0. The summed E-state index contributed by atoms with van der Waals surface area (Å²) in [5.41, 5.74) is -1.08. The van der Waals surface area contributed by atoms with E-state index in [2.05, 4.69) is 0 Å². The van der Waals surface area contributed by atoms with E-state index in [1.165, 1.54) is 6.07 Å². The fourth-order valence-corrected chi connectivity index (χ4v) is 3.25. The van der Waals surface area contributed by atoms with Crippen LogP contribution in [0, 0.1) is 17.0 Å². The van der Waals surface area contributed by atoms with Crippen molar-refractivity contribution in [2.45, 2.75) is 24.7 Å². The van der Waals surface area contributed by atoms with Crippen molar-refractivity contribution in [3.8, 4) is 0 Å². The highest BCUT2D eigenvalue weighted by atomic mass is 19.2. The van der Waals surface area contributed by atoms with E-state index < -0.39 is 28.4 Å². The normalized spacial score (nSPS) is 23.3. The van der Waals surface area contributed by atoms with Crippen molar-refractivity contribution in [3.63, 3.8) is 0 Å². The molecule has 0 spiro atoms. The first-order valence-corrected chi connectivity index (χ1v) is 6.29. The zero-order valence-corrected chi connectivity index (χ0v) is 10.3. The van der Waals surface area contributed by atoms with Crippen molar-refractivity contribution in [3.05, 3.63) is 35.4 Å². The third kappa shape index (κ3) is 1.48. The smallest absolute Gasteiger partial charge is 0.310 e. The lowest BCUT2D eigenvalue weighted by molar-refractivity contribution is -0.192. The molecule has 1 heterocycles. The maximum atomic E-state index is 13.4. The lowest BCUT2D eigenvalue weighted by Gasteiger charge is -2.57. The van der Waals surface area contributed by atoms with Crippen molar-refractivity contribution in [2.75, 3.05) is 13.2 Å². The van der Waals surface area contributed by atoms with E-state index in [9.17, 15) is 18.7 Å². The molecule has 1 aliphatic heterocycles. The van der Waals surface area contributed by atoms with E-state index in [-0.39, 0.29) is 13.2 Å². The highest BCUT2D eigenvalue weighted by Gasteiger charge is 2.64. The van der Waals surface area contributed by atoms with Gasteiger partial charge in [0.05, 0.1) is 24.0 Å². The number of carboxylic acid groups (broad SMARTS) is 1. The van der Waals surface area contributed by atoms with E-state index >= 15 is 0 Å². The Morgan fingerprint density at radius 1 is 1.21 bits per heavy atom. The maximum absolute atomic E-state index is 13.4. The van der Waals surface area contributed by atoms with Crippen LogP contribution < -0.4 is 0 Å². The van der Waals surface area contributed by atoms with Gasteiger partial charge in [-0.3, -0.25) is 4.79 Å². The molecule has 0 aromatic heterocycles. The Morgan fingerprint density at radius 2 is 1.89 bits per heavy atom. The topological polar surface area (TPSA) is 46.5 Å². The molecule has 2 aliphatic rings. The Morgan fingerprint density at radius 3 is 2.26 bits per heavy atom. The van der Waals surface area contributed by atoms with Crippen LogP contribution in [-0.4, -0.2) is 24.3 Å². The quantitative estimate of drug-likeness (QED) is 0.916. The van der Waals surface area contributed by atoms with E-state index in [0.717, 1.165) is 18.6 Å². The van der Waals surface area contributed by atoms with Crippen molar-refractivity contribution < 1.29 is 23.4 Å². The van der Waals surface area contributed by atoms with Gasteiger partial charge in [-0.05, 0) is 30.5 Å². The van der Waals surface area contributed by atoms with Gasteiger partial charge in [-0.25, -0.2) is 8.78 Å². The molecule has 0 unspecified atom stereocenters. The van der Waals surface area contributed by atoms with E-state index in [4.69, 9.17) is 4.74 Å². The number of carbonyl (C=O) groups is 1. The summed E-state index contributed by atoms with van der Waals surface area (Å²) in [6.45, 7) is 0.509. The molecule has 2 fully saturated rings. The summed E-state index contributed by atoms with van der Waals surface area (Å²) in [7, 11) is 0. The van der Waals surface area contributed by atoms with Gasteiger partial charge in [-0.1, -0.05) is 12.5 Å². The Balaban J connectivity index is 2.08. The van der Waals surface area contributed by atoms with Gasteiger partial charge in [0, 0.05) is 0 Å². The third-order valence-electron chi connectivity index (χ3n) is 4.70. The molecule has 1 saturated carbocycles.